The van der Waals surface area contributed by atoms with Gasteiger partial charge in [0.15, 0.2) is 5.13 Å². The lowest BCUT2D eigenvalue weighted by Gasteiger charge is -2.32. The molecule has 0 amide bonds. The van der Waals surface area contributed by atoms with Crippen LogP contribution >= 0.6 is 11.3 Å². The van der Waals surface area contributed by atoms with Crippen molar-refractivity contribution in [2.45, 2.75) is 45.8 Å². The number of thiazole rings is 1. The minimum Gasteiger partial charge on any atom is -0.388 e. The van der Waals surface area contributed by atoms with Crippen molar-refractivity contribution in [3.05, 3.63) is 10.6 Å². The van der Waals surface area contributed by atoms with Crippen molar-refractivity contribution < 1.29 is 9.84 Å². The highest BCUT2D eigenvalue weighted by Crippen LogP contribution is 2.32. The molecular formula is C13H22N2O2S. The zero-order valence-electron chi connectivity index (χ0n) is 11.3. The fourth-order valence-corrected chi connectivity index (χ4v) is 3.44. The van der Waals surface area contributed by atoms with E-state index >= 15 is 0 Å². The summed E-state index contributed by atoms with van der Waals surface area (Å²) < 4.78 is 5.70. The molecular weight excluding hydrogens is 248 g/mol. The van der Waals surface area contributed by atoms with Crippen LogP contribution in [-0.4, -0.2) is 35.9 Å². The Morgan fingerprint density at radius 3 is 3.00 bits per heavy atom. The number of hydrogen-bond donors (Lipinski definition) is 1. The van der Waals surface area contributed by atoms with Crippen molar-refractivity contribution >= 4 is 16.5 Å². The monoisotopic (exact) mass is 270 g/mol. The van der Waals surface area contributed by atoms with Gasteiger partial charge in [-0.2, -0.15) is 0 Å². The van der Waals surface area contributed by atoms with Gasteiger partial charge in [-0.3, -0.25) is 0 Å². The predicted octanol–water partition coefficient (Wildman–Crippen LogP) is 2.51. The van der Waals surface area contributed by atoms with E-state index in [1.165, 1.54) is 0 Å². The molecule has 2 rings (SSSR count). The van der Waals surface area contributed by atoms with Gasteiger partial charge in [-0.15, -0.1) is 0 Å². The number of aliphatic hydroxyl groups excluding tert-OH is 1. The molecule has 2 atom stereocenters. The van der Waals surface area contributed by atoms with Crippen LogP contribution in [0.25, 0.3) is 0 Å². The summed E-state index contributed by atoms with van der Waals surface area (Å²) in [5.41, 5.74) is 0.948. The van der Waals surface area contributed by atoms with Crippen molar-refractivity contribution in [1.29, 1.82) is 0 Å². The van der Waals surface area contributed by atoms with E-state index in [0.29, 0.717) is 6.10 Å². The van der Waals surface area contributed by atoms with Crippen LogP contribution in [0.3, 0.4) is 0 Å². The summed E-state index contributed by atoms with van der Waals surface area (Å²) in [7, 11) is 0. The highest BCUT2D eigenvalue weighted by Gasteiger charge is 2.23. The van der Waals surface area contributed by atoms with Gasteiger partial charge < -0.3 is 14.7 Å². The van der Waals surface area contributed by atoms with Crippen LogP contribution in [0.1, 0.15) is 43.4 Å². The zero-order valence-corrected chi connectivity index (χ0v) is 12.2. The lowest BCUT2D eigenvalue weighted by Crippen LogP contribution is -2.39. The third-order valence-electron chi connectivity index (χ3n) is 3.25. The van der Waals surface area contributed by atoms with Gasteiger partial charge in [-0.1, -0.05) is 11.3 Å². The van der Waals surface area contributed by atoms with Crippen LogP contribution in [0, 0.1) is 6.92 Å². The third-order valence-corrected chi connectivity index (χ3v) is 4.64. The number of hydrogen-bond acceptors (Lipinski definition) is 5. The Bertz CT molecular complexity index is 390. The Labute approximate surface area is 113 Å². The number of anilines is 1. The van der Waals surface area contributed by atoms with Crippen molar-refractivity contribution in [1.82, 2.24) is 4.98 Å². The van der Waals surface area contributed by atoms with Crippen molar-refractivity contribution in [3.8, 4) is 0 Å². The van der Waals surface area contributed by atoms with Crippen molar-refractivity contribution in [2.75, 3.05) is 24.6 Å². The molecule has 5 heteroatoms. The molecule has 0 bridgehead atoms. The number of rotatable bonds is 4. The number of ether oxygens (including phenoxy) is 1. The maximum Gasteiger partial charge on any atom is 0.185 e. The largest absolute Gasteiger partial charge is 0.388 e. The van der Waals surface area contributed by atoms with Crippen molar-refractivity contribution in [2.24, 2.45) is 0 Å². The van der Waals surface area contributed by atoms with Gasteiger partial charge in [0.05, 0.1) is 22.8 Å². The Morgan fingerprint density at radius 2 is 2.39 bits per heavy atom. The molecule has 1 N–H and O–H groups in total. The van der Waals surface area contributed by atoms with Crippen LogP contribution in [0.2, 0.25) is 0 Å². The lowest BCUT2D eigenvalue weighted by molar-refractivity contribution is 0.0526. The quantitative estimate of drug-likeness (QED) is 0.913. The summed E-state index contributed by atoms with van der Waals surface area (Å²) in [6.45, 7) is 8.53. The molecule has 102 valence electrons. The molecule has 4 nitrogen and oxygen atoms in total. The second kappa shape index (κ2) is 5.99. The number of nitrogens with zero attached hydrogens (tertiary/aromatic N) is 2. The molecule has 1 aliphatic heterocycles. The smallest absolute Gasteiger partial charge is 0.185 e. The standard InChI is InChI=1S/C13H22N2O2S/c1-4-17-11-6-5-7-15(8-11)13-14-9(2)12(18-13)10(3)16/h10-11,16H,4-8H2,1-3H3. The number of piperidine rings is 1. The van der Waals surface area contributed by atoms with Crippen LogP contribution in [0.4, 0.5) is 5.13 Å². The second-order valence-corrected chi connectivity index (χ2v) is 5.80. The van der Waals surface area contributed by atoms with E-state index in [2.05, 4.69) is 9.88 Å². The highest BCUT2D eigenvalue weighted by molar-refractivity contribution is 7.15. The summed E-state index contributed by atoms with van der Waals surface area (Å²) in [6, 6.07) is 0. The Balaban J connectivity index is 2.08. The summed E-state index contributed by atoms with van der Waals surface area (Å²) in [4.78, 5) is 7.84. The minimum absolute atomic E-state index is 0.322. The molecule has 0 aromatic carbocycles. The van der Waals surface area contributed by atoms with Crippen molar-refractivity contribution in [3.63, 3.8) is 0 Å². The molecule has 0 saturated carbocycles. The number of aromatic nitrogens is 1. The molecule has 1 saturated heterocycles. The maximum absolute atomic E-state index is 9.68. The molecule has 0 aliphatic carbocycles. The Morgan fingerprint density at radius 1 is 1.61 bits per heavy atom. The normalized spacial score (nSPS) is 22.2. The van der Waals surface area contributed by atoms with E-state index in [0.717, 1.165) is 48.2 Å². The van der Waals surface area contributed by atoms with Gasteiger partial charge in [-0.25, -0.2) is 4.98 Å². The summed E-state index contributed by atoms with van der Waals surface area (Å²) >= 11 is 1.60. The molecule has 2 heterocycles. The van der Waals surface area contributed by atoms with E-state index in [1.54, 1.807) is 18.3 Å². The topological polar surface area (TPSA) is 45.6 Å². The van der Waals surface area contributed by atoms with E-state index in [9.17, 15) is 5.11 Å². The fraction of sp³-hybridized carbons (Fsp3) is 0.769. The first-order valence-electron chi connectivity index (χ1n) is 6.63. The summed E-state index contributed by atoms with van der Waals surface area (Å²) in [6.07, 6.45) is 2.18. The first-order valence-corrected chi connectivity index (χ1v) is 7.45. The van der Waals surface area contributed by atoms with Gasteiger partial charge in [-0.05, 0) is 33.6 Å². The van der Waals surface area contributed by atoms with E-state index in [-0.39, 0.29) is 0 Å². The van der Waals surface area contributed by atoms with Crippen LogP contribution in [0.5, 0.6) is 0 Å². The molecule has 0 radical (unpaired) electrons. The molecule has 18 heavy (non-hydrogen) atoms. The summed E-state index contributed by atoms with van der Waals surface area (Å²) in [5, 5.41) is 10.7. The summed E-state index contributed by atoms with van der Waals surface area (Å²) in [5.74, 6) is 0. The van der Waals surface area contributed by atoms with Crippen LogP contribution in [-0.2, 0) is 4.74 Å². The molecule has 1 aliphatic rings. The first-order chi connectivity index (χ1) is 8.61. The van der Waals surface area contributed by atoms with Crippen LogP contribution < -0.4 is 4.90 Å². The van der Waals surface area contributed by atoms with E-state index < -0.39 is 6.10 Å². The fourth-order valence-electron chi connectivity index (χ4n) is 2.40. The first kappa shape index (κ1) is 13.8. The highest BCUT2D eigenvalue weighted by atomic mass is 32.1. The van der Waals surface area contributed by atoms with E-state index in [4.69, 9.17) is 4.74 Å². The molecule has 0 spiro atoms. The van der Waals surface area contributed by atoms with E-state index in [1.807, 2.05) is 13.8 Å². The second-order valence-electron chi connectivity index (χ2n) is 4.79. The zero-order chi connectivity index (χ0) is 13.1. The van der Waals surface area contributed by atoms with Gasteiger partial charge in [0, 0.05) is 19.7 Å². The Hall–Kier alpha value is -0.650. The van der Waals surface area contributed by atoms with Gasteiger partial charge in [0.1, 0.15) is 0 Å². The van der Waals surface area contributed by atoms with Crippen LogP contribution in [0.15, 0.2) is 0 Å². The van der Waals surface area contributed by atoms with Gasteiger partial charge in [0.2, 0.25) is 0 Å². The average Bonchev–Trinajstić information content (AvgIpc) is 2.72. The average molecular weight is 270 g/mol. The molecule has 1 aromatic rings. The molecule has 2 unspecified atom stereocenters. The number of aliphatic hydroxyl groups is 1. The molecule has 1 fully saturated rings. The SMILES string of the molecule is CCOC1CCCN(c2nc(C)c(C(C)O)s2)C1. The maximum atomic E-state index is 9.68. The third kappa shape index (κ3) is 3.02. The number of aryl methyl sites for hydroxylation is 1. The van der Waals surface area contributed by atoms with Gasteiger partial charge in [0.25, 0.3) is 0 Å². The predicted molar refractivity (Wildman–Crippen MR) is 74.3 cm³/mol. The van der Waals surface area contributed by atoms with Gasteiger partial charge >= 0.3 is 0 Å². The molecule has 1 aromatic heterocycles. The Kier molecular flexibility index (Phi) is 4.59. The minimum atomic E-state index is -0.427. The lowest BCUT2D eigenvalue weighted by atomic mass is 10.1.